The van der Waals surface area contributed by atoms with E-state index in [4.69, 9.17) is 5.73 Å². The molecule has 1 aliphatic rings. The molecule has 5 nitrogen and oxygen atoms in total. The Labute approximate surface area is 120 Å². The van der Waals surface area contributed by atoms with Crippen molar-refractivity contribution >= 4 is 17.0 Å². The Morgan fingerprint density at radius 3 is 2.70 bits per heavy atom. The van der Waals surface area contributed by atoms with Crippen LogP contribution in [0.1, 0.15) is 41.1 Å². The third-order valence-electron chi connectivity index (χ3n) is 3.45. The topological polar surface area (TPSA) is 82.0 Å². The number of aromatic nitrogens is 1. The number of non-ortho nitro benzene ring substituents is 1. The van der Waals surface area contributed by atoms with E-state index in [0.717, 1.165) is 11.3 Å². The first-order valence-electron chi connectivity index (χ1n) is 6.57. The lowest BCUT2D eigenvalue weighted by Crippen LogP contribution is -2.13. The highest BCUT2D eigenvalue weighted by molar-refractivity contribution is 7.09. The lowest BCUT2D eigenvalue weighted by molar-refractivity contribution is -0.384. The van der Waals surface area contributed by atoms with Crippen LogP contribution in [0, 0.1) is 10.1 Å². The maximum Gasteiger partial charge on any atom is 0.269 e. The van der Waals surface area contributed by atoms with E-state index in [1.54, 1.807) is 23.5 Å². The zero-order valence-electron chi connectivity index (χ0n) is 10.9. The van der Waals surface area contributed by atoms with Crippen LogP contribution in [0.5, 0.6) is 0 Å². The van der Waals surface area contributed by atoms with Crippen LogP contribution in [0.3, 0.4) is 0 Å². The molecule has 1 aliphatic carbocycles. The SMILES string of the molecule is N[C@@H](Cc1ccc([N+](=O)[O-])cc1)c1csc(C2CC2)n1. The average Bonchev–Trinajstić information content (AvgIpc) is 3.17. The van der Waals surface area contributed by atoms with Crippen LogP contribution in [-0.2, 0) is 6.42 Å². The van der Waals surface area contributed by atoms with Crippen molar-refractivity contribution in [1.29, 1.82) is 0 Å². The average molecular weight is 289 g/mol. The van der Waals surface area contributed by atoms with Crippen LogP contribution >= 0.6 is 11.3 Å². The highest BCUT2D eigenvalue weighted by Crippen LogP contribution is 2.41. The van der Waals surface area contributed by atoms with E-state index in [2.05, 4.69) is 4.98 Å². The first-order chi connectivity index (χ1) is 9.63. The second-order valence-electron chi connectivity index (χ2n) is 5.12. The summed E-state index contributed by atoms with van der Waals surface area (Å²) in [6.45, 7) is 0. The molecule has 0 aliphatic heterocycles. The van der Waals surface area contributed by atoms with Gasteiger partial charge in [0.15, 0.2) is 0 Å². The highest BCUT2D eigenvalue weighted by Gasteiger charge is 2.27. The summed E-state index contributed by atoms with van der Waals surface area (Å²) in [5.41, 5.74) is 8.19. The van der Waals surface area contributed by atoms with Crippen molar-refractivity contribution in [3.8, 4) is 0 Å². The lowest BCUT2D eigenvalue weighted by Gasteiger charge is -2.08. The smallest absolute Gasteiger partial charge is 0.269 e. The number of thiazole rings is 1. The van der Waals surface area contributed by atoms with Gasteiger partial charge in [-0.25, -0.2) is 4.98 Å². The second-order valence-corrected chi connectivity index (χ2v) is 6.01. The van der Waals surface area contributed by atoms with Gasteiger partial charge in [-0.3, -0.25) is 10.1 Å². The van der Waals surface area contributed by atoms with Crippen molar-refractivity contribution in [2.24, 2.45) is 5.73 Å². The fourth-order valence-corrected chi connectivity index (χ4v) is 3.16. The Morgan fingerprint density at radius 1 is 1.40 bits per heavy atom. The first kappa shape index (κ1) is 13.2. The predicted octanol–water partition coefficient (Wildman–Crippen LogP) is 3.17. The molecule has 0 unspecified atom stereocenters. The molecule has 1 fully saturated rings. The molecule has 0 radical (unpaired) electrons. The number of nitro benzene ring substituents is 1. The standard InChI is InChI=1S/C14H15N3O2S/c15-12(13-8-20-14(16-13)10-3-4-10)7-9-1-5-11(6-2-9)17(18)19/h1-2,5-6,8,10,12H,3-4,7,15H2/t12-/m0/s1. The van der Waals surface area contributed by atoms with Crippen LogP contribution in [0.15, 0.2) is 29.6 Å². The molecule has 0 spiro atoms. The van der Waals surface area contributed by atoms with E-state index >= 15 is 0 Å². The molecule has 1 aromatic carbocycles. The maximum absolute atomic E-state index is 10.6. The normalized spacial score (nSPS) is 16.1. The molecule has 20 heavy (non-hydrogen) atoms. The molecule has 2 N–H and O–H groups in total. The zero-order valence-corrected chi connectivity index (χ0v) is 11.7. The van der Waals surface area contributed by atoms with Gasteiger partial charge in [0, 0.05) is 23.4 Å². The summed E-state index contributed by atoms with van der Waals surface area (Å²) in [4.78, 5) is 14.8. The van der Waals surface area contributed by atoms with E-state index in [1.807, 2.05) is 5.38 Å². The van der Waals surface area contributed by atoms with Gasteiger partial charge in [0.05, 0.1) is 21.7 Å². The molecule has 0 saturated heterocycles. The van der Waals surface area contributed by atoms with Crippen LogP contribution in [0.25, 0.3) is 0 Å². The molecule has 104 valence electrons. The molecule has 3 rings (SSSR count). The van der Waals surface area contributed by atoms with Gasteiger partial charge in [0.25, 0.3) is 5.69 Å². The van der Waals surface area contributed by atoms with E-state index in [-0.39, 0.29) is 11.7 Å². The predicted molar refractivity (Wildman–Crippen MR) is 77.8 cm³/mol. The minimum Gasteiger partial charge on any atom is -0.322 e. The number of rotatable bonds is 5. The molecular formula is C14H15N3O2S. The van der Waals surface area contributed by atoms with E-state index < -0.39 is 4.92 Å². The molecule has 0 amide bonds. The number of nitrogens with zero attached hydrogens (tertiary/aromatic N) is 2. The van der Waals surface area contributed by atoms with Crippen molar-refractivity contribution < 1.29 is 4.92 Å². The summed E-state index contributed by atoms with van der Waals surface area (Å²) in [5, 5.41) is 13.8. The van der Waals surface area contributed by atoms with Crippen molar-refractivity contribution in [3.05, 3.63) is 56.0 Å². The number of benzene rings is 1. The van der Waals surface area contributed by atoms with Crippen molar-refractivity contribution in [1.82, 2.24) is 4.98 Å². The first-order valence-corrected chi connectivity index (χ1v) is 7.45. The third-order valence-corrected chi connectivity index (χ3v) is 4.47. The molecule has 1 saturated carbocycles. The second kappa shape index (κ2) is 5.30. The number of nitro groups is 1. The summed E-state index contributed by atoms with van der Waals surface area (Å²) in [6, 6.07) is 6.38. The van der Waals surface area contributed by atoms with Crippen LogP contribution in [-0.4, -0.2) is 9.91 Å². The van der Waals surface area contributed by atoms with Gasteiger partial charge in [-0.2, -0.15) is 0 Å². The summed E-state index contributed by atoms with van der Waals surface area (Å²) in [5.74, 6) is 0.653. The molecule has 1 aromatic heterocycles. The molecule has 6 heteroatoms. The van der Waals surface area contributed by atoms with Crippen molar-refractivity contribution in [3.63, 3.8) is 0 Å². The maximum atomic E-state index is 10.6. The third kappa shape index (κ3) is 2.86. The zero-order chi connectivity index (χ0) is 14.1. The Morgan fingerprint density at radius 2 is 2.10 bits per heavy atom. The number of hydrogen-bond acceptors (Lipinski definition) is 5. The molecule has 2 aromatic rings. The minimum absolute atomic E-state index is 0.104. The largest absolute Gasteiger partial charge is 0.322 e. The van der Waals surface area contributed by atoms with Gasteiger partial charge in [-0.05, 0) is 24.8 Å². The monoisotopic (exact) mass is 289 g/mol. The van der Waals surface area contributed by atoms with Gasteiger partial charge in [-0.1, -0.05) is 12.1 Å². The van der Waals surface area contributed by atoms with Crippen LogP contribution < -0.4 is 5.73 Å². The van der Waals surface area contributed by atoms with Gasteiger partial charge in [-0.15, -0.1) is 11.3 Å². The fraction of sp³-hybridized carbons (Fsp3) is 0.357. The van der Waals surface area contributed by atoms with Crippen LogP contribution in [0.4, 0.5) is 5.69 Å². The Bertz CT molecular complexity index is 620. The number of nitrogens with two attached hydrogens (primary N) is 1. The summed E-state index contributed by atoms with van der Waals surface area (Å²) in [7, 11) is 0. The molecule has 1 atom stereocenters. The van der Waals surface area contributed by atoms with Gasteiger partial charge < -0.3 is 5.73 Å². The number of hydrogen-bond donors (Lipinski definition) is 1. The van der Waals surface area contributed by atoms with E-state index in [9.17, 15) is 10.1 Å². The molecule has 0 bridgehead atoms. The lowest BCUT2D eigenvalue weighted by atomic mass is 10.0. The summed E-state index contributed by atoms with van der Waals surface area (Å²) in [6.07, 6.45) is 3.13. The quantitative estimate of drug-likeness (QED) is 0.677. The Kier molecular flexibility index (Phi) is 3.50. The molecular weight excluding hydrogens is 274 g/mol. The summed E-state index contributed by atoms with van der Waals surface area (Å²) < 4.78 is 0. The Hall–Kier alpha value is -1.79. The van der Waals surface area contributed by atoms with Gasteiger partial charge in [0.2, 0.25) is 0 Å². The van der Waals surface area contributed by atoms with Gasteiger partial charge >= 0.3 is 0 Å². The van der Waals surface area contributed by atoms with E-state index in [1.165, 1.54) is 30.0 Å². The fourth-order valence-electron chi connectivity index (χ4n) is 2.10. The van der Waals surface area contributed by atoms with Crippen molar-refractivity contribution in [2.45, 2.75) is 31.2 Å². The van der Waals surface area contributed by atoms with Crippen molar-refractivity contribution in [2.75, 3.05) is 0 Å². The summed E-state index contributed by atoms with van der Waals surface area (Å²) >= 11 is 1.68. The van der Waals surface area contributed by atoms with Gasteiger partial charge in [0.1, 0.15) is 0 Å². The van der Waals surface area contributed by atoms with E-state index in [0.29, 0.717) is 12.3 Å². The minimum atomic E-state index is -0.397. The molecule has 1 heterocycles. The Balaban J connectivity index is 1.67. The highest BCUT2D eigenvalue weighted by atomic mass is 32.1. The van der Waals surface area contributed by atoms with Crippen LogP contribution in [0.2, 0.25) is 0 Å².